The quantitative estimate of drug-likeness (QED) is 0.191. The first-order valence-electron chi connectivity index (χ1n) is 10.6. The van der Waals surface area contributed by atoms with Crippen LogP contribution in [0.4, 0.5) is 4.39 Å². The molecule has 0 spiro atoms. The number of carbonyl (C=O) groups excluding carboxylic acids is 1. The Bertz CT molecular complexity index is 767. The molecule has 6 nitrogen and oxygen atoms in total. The number of hydrogen-bond donors (Lipinski definition) is 0. The topological polar surface area (TPSA) is 57.2 Å². The van der Waals surface area contributed by atoms with Crippen molar-refractivity contribution in [1.82, 2.24) is 4.90 Å². The van der Waals surface area contributed by atoms with Crippen molar-refractivity contribution < 1.29 is 28.4 Å². The predicted molar refractivity (Wildman–Crippen MR) is 116 cm³/mol. The van der Waals surface area contributed by atoms with Gasteiger partial charge < -0.3 is 9.47 Å². The second-order valence-corrected chi connectivity index (χ2v) is 7.08. The molecule has 0 saturated carbocycles. The van der Waals surface area contributed by atoms with E-state index in [0.717, 1.165) is 16.9 Å². The van der Waals surface area contributed by atoms with E-state index in [2.05, 4.69) is 4.90 Å². The summed E-state index contributed by atoms with van der Waals surface area (Å²) in [6.07, 6.45) is 0.284. The fourth-order valence-electron chi connectivity index (χ4n) is 3.22. The van der Waals surface area contributed by atoms with Crippen LogP contribution in [0.1, 0.15) is 37.3 Å². The summed E-state index contributed by atoms with van der Waals surface area (Å²) in [5.74, 6) is 0.209. The SMILES string of the molecule is CCOOCC(CN(CCC(=O)OCC)Cc1ccc(OC)cc1)c1ccc(F)cc1. The molecule has 0 aliphatic rings. The lowest BCUT2D eigenvalue weighted by molar-refractivity contribution is -0.294. The van der Waals surface area contributed by atoms with E-state index in [1.54, 1.807) is 26.2 Å². The summed E-state index contributed by atoms with van der Waals surface area (Å²) < 4.78 is 23.7. The molecule has 0 heterocycles. The van der Waals surface area contributed by atoms with Gasteiger partial charge in [-0.25, -0.2) is 14.2 Å². The largest absolute Gasteiger partial charge is 0.497 e. The van der Waals surface area contributed by atoms with Crippen LogP contribution in [0, 0.1) is 5.82 Å². The lowest BCUT2D eigenvalue weighted by atomic mass is 9.99. The standard InChI is InChI=1S/C24H32FNO5/c1-4-29-24(27)14-15-26(16-19-6-12-23(28-3)13-7-19)17-21(18-31-30-5-2)20-8-10-22(25)11-9-20/h6-13,21H,4-5,14-18H2,1-3H3. The molecule has 0 radical (unpaired) electrons. The van der Waals surface area contributed by atoms with Crippen LogP contribution < -0.4 is 4.74 Å². The van der Waals surface area contributed by atoms with Crippen LogP contribution in [-0.4, -0.2) is 50.9 Å². The summed E-state index contributed by atoms with van der Waals surface area (Å²) in [5, 5.41) is 0. The zero-order valence-electron chi connectivity index (χ0n) is 18.5. The van der Waals surface area contributed by atoms with E-state index < -0.39 is 0 Å². The lowest BCUT2D eigenvalue weighted by Gasteiger charge is -2.27. The van der Waals surface area contributed by atoms with Crippen molar-refractivity contribution in [2.45, 2.75) is 32.7 Å². The Balaban J connectivity index is 2.15. The Morgan fingerprint density at radius 3 is 2.32 bits per heavy atom. The van der Waals surface area contributed by atoms with Gasteiger partial charge in [0.2, 0.25) is 0 Å². The molecule has 7 heteroatoms. The minimum Gasteiger partial charge on any atom is -0.497 e. The number of benzene rings is 2. The maximum atomic E-state index is 13.4. The van der Waals surface area contributed by atoms with Gasteiger partial charge in [0.1, 0.15) is 11.6 Å². The number of esters is 1. The Morgan fingerprint density at radius 1 is 1.00 bits per heavy atom. The monoisotopic (exact) mass is 433 g/mol. The molecule has 170 valence electrons. The molecule has 31 heavy (non-hydrogen) atoms. The number of halogens is 1. The van der Waals surface area contributed by atoms with E-state index >= 15 is 0 Å². The summed E-state index contributed by atoms with van der Waals surface area (Å²) >= 11 is 0. The van der Waals surface area contributed by atoms with Crippen LogP contribution in [0.3, 0.4) is 0 Å². The van der Waals surface area contributed by atoms with Crippen molar-refractivity contribution in [1.29, 1.82) is 0 Å². The highest BCUT2D eigenvalue weighted by atomic mass is 19.1. The van der Waals surface area contributed by atoms with E-state index in [4.69, 9.17) is 19.2 Å². The number of ether oxygens (including phenoxy) is 2. The molecule has 2 rings (SSSR count). The Morgan fingerprint density at radius 2 is 1.71 bits per heavy atom. The third-order valence-corrected chi connectivity index (χ3v) is 4.79. The maximum absolute atomic E-state index is 13.4. The number of carbonyl (C=O) groups is 1. The van der Waals surface area contributed by atoms with E-state index in [-0.39, 0.29) is 24.1 Å². The highest BCUT2D eigenvalue weighted by Crippen LogP contribution is 2.21. The van der Waals surface area contributed by atoms with Gasteiger partial charge in [-0.15, -0.1) is 0 Å². The van der Waals surface area contributed by atoms with Gasteiger partial charge in [0.25, 0.3) is 0 Å². The average Bonchev–Trinajstić information content (AvgIpc) is 2.78. The second kappa shape index (κ2) is 13.7. The van der Waals surface area contributed by atoms with Crippen molar-refractivity contribution in [3.8, 4) is 5.75 Å². The molecule has 0 N–H and O–H groups in total. The van der Waals surface area contributed by atoms with Gasteiger partial charge in [-0.2, -0.15) is 0 Å². The first-order valence-corrected chi connectivity index (χ1v) is 10.6. The average molecular weight is 434 g/mol. The fourth-order valence-corrected chi connectivity index (χ4v) is 3.22. The van der Waals surface area contributed by atoms with Gasteiger partial charge in [-0.3, -0.25) is 9.69 Å². The van der Waals surface area contributed by atoms with Crippen LogP contribution in [0.15, 0.2) is 48.5 Å². The van der Waals surface area contributed by atoms with Crippen molar-refractivity contribution in [3.05, 3.63) is 65.5 Å². The van der Waals surface area contributed by atoms with E-state index in [1.807, 2.05) is 31.2 Å². The molecule has 0 fully saturated rings. The molecule has 0 bridgehead atoms. The molecule has 0 aromatic heterocycles. The molecule has 0 amide bonds. The highest BCUT2D eigenvalue weighted by molar-refractivity contribution is 5.69. The first kappa shape index (κ1) is 24.8. The van der Waals surface area contributed by atoms with Gasteiger partial charge in [-0.05, 0) is 49.2 Å². The minimum absolute atomic E-state index is 0.0624. The molecule has 0 aliphatic carbocycles. The Hall–Kier alpha value is -2.48. The summed E-state index contributed by atoms with van der Waals surface area (Å²) in [6, 6.07) is 14.2. The lowest BCUT2D eigenvalue weighted by Crippen LogP contribution is -2.32. The molecular weight excluding hydrogens is 401 g/mol. The predicted octanol–water partition coefficient (Wildman–Crippen LogP) is 4.34. The first-order chi connectivity index (χ1) is 15.0. The third-order valence-electron chi connectivity index (χ3n) is 4.79. The van der Waals surface area contributed by atoms with Crippen molar-refractivity contribution in [2.24, 2.45) is 0 Å². The molecule has 0 saturated heterocycles. The summed E-state index contributed by atoms with van der Waals surface area (Å²) in [5.41, 5.74) is 2.03. The van der Waals surface area contributed by atoms with Crippen molar-refractivity contribution in [2.75, 3.05) is 40.0 Å². The van der Waals surface area contributed by atoms with Crippen molar-refractivity contribution in [3.63, 3.8) is 0 Å². The van der Waals surface area contributed by atoms with Crippen LogP contribution in [-0.2, 0) is 25.9 Å². The van der Waals surface area contributed by atoms with E-state index in [0.29, 0.717) is 39.5 Å². The maximum Gasteiger partial charge on any atom is 0.307 e. The van der Waals surface area contributed by atoms with Gasteiger partial charge in [-0.1, -0.05) is 24.3 Å². The van der Waals surface area contributed by atoms with Crippen LogP contribution >= 0.6 is 0 Å². The fraction of sp³-hybridized carbons (Fsp3) is 0.458. The highest BCUT2D eigenvalue weighted by Gasteiger charge is 2.19. The summed E-state index contributed by atoms with van der Waals surface area (Å²) in [7, 11) is 1.63. The minimum atomic E-state index is -0.286. The summed E-state index contributed by atoms with van der Waals surface area (Å²) in [6.45, 7) is 6.52. The van der Waals surface area contributed by atoms with E-state index in [1.165, 1.54) is 12.1 Å². The number of hydrogen-bond acceptors (Lipinski definition) is 6. The molecule has 2 aromatic rings. The van der Waals surface area contributed by atoms with Crippen molar-refractivity contribution >= 4 is 5.97 Å². The molecular formula is C24H32FNO5. The van der Waals surface area contributed by atoms with Crippen LogP contribution in [0.2, 0.25) is 0 Å². The number of methoxy groups -OCH3 is 1. The van der Waals surface area contributed by atoms with Gasteiger partial charge in [0.15, 0.2) is 0 Å². The smallest absolute Gasteiger partial charge is 0.307 e. The molecule has 1 unspecified atom stereocenters. The molecule has 2 aromatic carbocycles. The number of rotatable bonds is 14. The van der Waals surface area contributed by atoms with Gasteiger partial charge in [0, 0.05) is 25.6 Å². The zero-order chi connectivity index (χ0) is 22.5. The van der Waals surface area contributed by atoms with Gasteiger partial charge >= 0.3 is 5.97 Å². The second-order valence-electron chi connectivity index (χ2n) is 7.08. The van der Waals surface area contributed by atoms with Crippen LogP contribution in [0.25, 0.3) is 0 Å². The van der Waals surface area contributed by atoms with E-state index in [9.17, 15) is 9.18 Å². The summed E-state index contributed by atoms with van der Waals surface area (Å²) in [4.78, 5) is 24.5. The number of nitrogens with zero attached hydrogens (tertiary/aromatic N) is 1. The van der Waals surface area contributed by atoms with Gasteiger partial charge in [0.05, 0.1) is 33.4 Å². The zero-order valence-corrected chi connectivity index (χ0v) is 18.5. The Kier molecular flexibility index (Phi) is 11.0. The van der Waals surface area contributed by atoms with Crippen LogP contribution in [0.5, 0.6) is 5.75 Å². The molecule has 0 aliphatic heterocycles. The molecule has 1 atom stereocenters. The Labute approximate surface area is 183 Å². The normalized spacial score (nSPS) is 12.0. The third kappa shape index (κ3) is 9.04.